The number of nitrogens with zero attached hydrogens (tertiary/aromatic N) is 3. The maximum atomic E-state index is 12.2. The van der Waals surface area contributed by atoms with Gasteiger partial charge in [-0.1, -0.05) is 20.8 Å². The number of aliphatic hydroxyl groups is 1. The van der Waals surface area contributed by atoms with Crippen LogP contribution in [0.4, 0.5) is 0 Å². The molecular formula is C12H20ClN3O2. The van der Waals surface area contributed by atoms with Gasteiger partial charge in [-0.2, -0.15) is 5.10 Å². The largest absolute Gasteiger partial charge is 0.390 e. The van der Waals surface area contributed by atoms with E-state index in [1.54, 1.807) is 0 Å². The minimum atomic E-state index is -0.851. The molecule has 0 saturated carbocycles. The predicted molar refractivity (Wildman–Crippen MR) is 69.4 cm³/mol. The van der Waals surface area contributed by atoms with Crippen molar-refractivity contribution >= 4 is 17.4 Å². The van der Waals surface area contributed by atoms with Crippen molar-refractivity contribution in [1.82, 2.24) is 14.8 Å². The summed E-state index contributed by atoms with van der Waals surface area (Å²) >= 11 is 5.75. The van der Waals surface area contributed by atoms with Gasteiger partial charge in [0, 0.05) is 12.3 Å². The Kier molecular flexibility index (Phi) is 5.75. The lowest BCUT2D eigenvalue weighted by molar-refractivity contribution is -0.127. The van der Waals surface area contributed by atoms with Gasteiger partial charge in [0.15, 0.2) is 5.78 Å². The van der Waals surface area contributed by atoms with Gasteiger partial charge < -0.3 is 5.11 Å². The van der Waals surface area contributed by atoms with Crippen LogP contribution in [0.15, 0.2) is 12.7 Å². The Hall–Kier alpha value is -0.940. The molecule has 1 heterocycles. The number of Topliss-reactive ketones (excluding diaryl/α,β-unsaturated/α-hetero) is 1. The summed E-state index contributed by atoms with van der Waals surface area (Å²) in [5.41, 5.74) is 0. The Morgan fingerprint density at radius 2 is 2.11 bits per heavy atom. The molecular weight excluding hydrogens is 254 g/mol. The monoisotopic (exact) mass is 273 g/mol. The number of ketones is 1. The van der Waals surface area contributed by atoms with Crippen molar-refractivity contribution < 1.29 is 9.90 Å². The van der Waals surface area contributed by atoms with Crippen LogP contribution in [0.5, 0.6) is 0 Å². The van der Waals surface area contributed by atoms with Crippen LogP contribution in [-0.4, -0.2) is 37.6 Å². The zero-order valence-corrected chi connectivity index (χ0v) is 11.7. The molecule has 1 N–H and O–H groups in total. The zero-order valence-electron chi connectivity index (χ0n) is 11.0. The fourth-order valence-corrected chi connectivity index (χ4v) is 1.96. The van der Waals surface area contributed by atoms with E-state index in [0.29, 0.717) is 12.3 Å². The van der Waals surface area contributed by atoms with Gasteiger partial charge in [0.2, 0.25) is 0 Å². The van der Waals surface area contributed by atoms with Crippen LogP contribution in [0, 0.1) is 11.8 Å². The Balaban J connectivity index is 2.92. The van der Waals surface area contributed by atoms with Crippen LogP contribution in [-0.2, 0) is 4.79 Å². The van der Waals surface area contributed by atoms with Gasteiger partial charge in [-0.25, -0.2) is 9.67 Å². The molecule has 0 aliphatic heterocycles. The average Bonchev–Trinajstić information content (AvgIpc) is 2.80. The third-order valence-electron chi connectivity index (χ3n) is 2.81. The van der Waals surface area contributed by atoms with Crippen LogP contribution < -0.4 is 0 Å². The molecule has 3 unspecified atom stereocenters. The number of aromatic nitrogens is 3. The highest BCUT2D eigenvalue weighted by molar-refractivity contribution is 6.18. The lowest BCUT2D eigenvalue weighted by atomic mass is 9.92. The number of aliphatic hydroxyl groups excluding tert-OH is 1. The first-order chi connectivity index (χ1) is 8.47. The summed E-state index contributed by atoms with van der Waals surface area (Å²) in [4.78, 5) is 16.0. The number of alkyl halides is 1. The van der Waals surface area contributed by atoms with Crippen molar-refractivity contribution in [2.24, 2.45) is 11.8 Å². The molecule has 0 amide bonds. The first-order valence-electron chi connectivity index (χ1n) is 6.08. The third kappa shape index (κ3) is 3.78. The van der Waals surface area contributed by atoms with Crippen LogP contribution >= 0.6 is 11.6 Å². The summed E-state index contributed by atoms with van der Waals surface area (Å²) in [5.74, 6) is 0.306. The fraction of sp³-hybridized carbons (Fsp3) is 0.750. The number of halogens is 1. The maximum absolute atomic E-state index is 12.2. The summed E-state index contributed by atoms with van der Waals surface area (Å²) in [5, 5.41) is 14.2. The molecule has 5 nitrogen and oxygen atoms in total. The van der Waals surface area contributed by atoms with Gasteiger partial charge in [0.1, 0.15) is 18.7 Å². The topological polar surface area (TPSA) is 68.0 Å². The highest BCUT2D eigenvalue weighted by Crippen LogP contribution is 2.22. The van der Waals surface area contributed by atoms with Crippen LogP contribution in [0.25, 0.3) is 0 Å². The molecule has 0 saturated heterocycles. The molecule has 1 aromatic rings. The fourth-order valence-electron chi connectivity index (χ4n) is 1.78. The number of carbonyl (C=O) groups is 1. The predicted octanol–water partition coefficient (Wildman–Crippen LogP) is 1.67. The van der Waals surface area contributed by atoms with Crippen molar-refractivity contribution in [3.8, 4) is 0 Å². The van der Waals surface area contributed by atoms with E-state index in [0.717, 1.165) is 0 Å². The van der Waals surface area contributed by atoms with E-state index in [9.17, 15) is 9.90 Å². The van der Waals surface area contributed by atoms with Gasteiger partial charge in [-0.3, -0.25) is 4.79 Å². The Morgan fingerprint density at radius 1 is 1.44 bits per heavy atom. The Morgan fingerprint density at radius 3 is 2.56 bits per heavy atom. The summed E-state index contributed by atoms with van der Waals surface area (Å²) in [6.07, 6.45) is 2.35. The zero-order chi connectivity index (χ0) is 13.7. The van der Waals surface area contributed by atoms with Crippen molar-refractivity contribution in [3.63, 3.8) is 0 Å². The van der Waals surface area contributed by atoms with E-state index in [1.807, 2.05) is 20.8 Å². The summed E-state index contributed by atoms with van der Waals surface area (Å²) < 4.78 is 1.42. The standard InChI is InChI=1S/C12H20ClN3O2/c1-8(2)4-10(17)11(12(18)9(3)5-13)16-7-14-6-15-16/h6-9,11-12,18H,4-5H2,1-3H3. The van der Waals surface area contributed by atoms with Gasteiger partial charge in [0.05, 0.1) is 6.10 Å². The minimum Gasteiger partial charge on any atom is -0.390 e. The molecule has 0 bridgehead atoms. The van der Waals surface area contributed by atoms with Crippen LogP contribution in [0.2, 0.25) is 0 Å². The number of carbonyl (C=O) groups excluding carboxylic acids is 1. The van der Waals surface area contributed by atoms with Gasteiger partial charge in [-0.05, 0) is 11.8 Å². The van der Waals surface area contributed by atoms with Crippen molar-refractivity contribution in [1.29, 1.82) is 0 Å². The molecule has 18 heavy (non-hydrogen) atoms. The normalized spacial score (nSPS) is 16.6. The second kappa shape index (κ2) is 6.85. The number of rotatable bonds is 7. The minimum absolute atomic E-state index is 0.0417. The molecule has 0 aliphatic rings. The van der Waals surface area contributed by atoms with E-state index in [1.165, 1.54) is 17.3 Å². The summed E-state index contributed by atoms with van der Waals surface area (Å²) in [6.45, 7) is 5.74. The van der Waals surface area contributed by atoms with E-state index in [2.05, 4.69) is 10.1 Å². The van der Waals surface area contributed by atoms with Crippen molar-refractivity contribution in [2.45, 2.75) is 39.3 Å². The third-order valence-corrected chi connectivity index (χ3v) is 3.30. The van der Waals surface area contributed by atoms with E-state index >= 15 is 0 Å². The van der Waals surface area contributed by atoms with Gasteiger partial charge in [0.25, 0.3) is 0 Å². The van der Waals surface area contributed by atoms with E-state index in [-0.39, 0.29) is 17.6 Å². The van der Waals surface area contributed by atoms with E-state index in [4.69, 9.17) is 11.6 Å². The average molecular weight is 274 g/mol. The van der Waals surface area contributed by atoms with E-state index < -0.39 is 12.1 Å². The number of hydrogen-bond acceptors (Lipinski definition) is 4. The summed E-state index contributed by atoms with van der Waals surface area (Å²) in [7, 11) is 0. The molecule has 3 atom stereocenters. The highest BCUT2D eigenvalue weighted by Gasteiger charge is 2.32. The van der Waals surface area contributed by atoms with Crippen LogP contribution in [0.3, 0.4) is 0 Å². The highest BCUT2D eigenvalue weighted by atomic mass is 35.5. The quantitative estimate of drug-likeness (QED) is 0.768. The molecule has 0 spiro atoms. The Labute approximate surface area is 112 Å². The first-order valence-corrected chi connectivity index (χ1v) is 6.61. The molecule has 0 fully saturated rings. The van der Waals surface area contributed by atoms with Crippen molar-refractivity contribution in [3.05, 3.63) is 12.7 Å². The second-order valence-corrected chi connectivity index (χ2v) is 5.32. The smallest absolute Gasteiger partial charge is 0.160 e. The van der Waals surface area contributed by atoms with Crippen LogP contribution in [0.1, 0.15) is 33.2 Å². The first kappa shape index (κ1) is 15.1. The maximum Gasteiger partial charge on any atom is 0.160 e. The SMILES string of the molecule is CC(C)CC(=O)C(C(O)C(C)CCl)n1cncn1. The van der Waals surface area contributed by atoms with Gasteiger partial charge in [-0.15, -0.1) is 11.6 Å². The summed E-state index contributed by atoms with van der Waals surface area (Å²) in [6, 6.07) is -0.705. The molecule has 1 rings (SSSR count). The molecule has 0 radical (unpaired) electrons. The number of hydrogen-bond donors (Lipinski definition) is 1. The molecule has 1 aromatic heterocycles. The van der Waals surface area contributed by atoms with Crippen molar-refractivity contribution in [2.75, 3.05) is 5.88 Å². The molecule has 0 aromatic carbocycles. The molecule has 0 aliphatic carbocycles. The Bertz CT molecular complexity index is 367. The lowest BCUT2D eigenvalue weighted by Gasteiger charge is -2.26. The lowest BCUT2D eigenvalue weighted by Crippen LogP contribution is -2.37. The molecule has 102 valence electrons. The van der Waals surface area contributed by atoms with Gasteiger partial charge >= 0.3 is 0 Å². The second-order valence-electron chi connectivity index (χ2n) is 5.01. The molecule has 6 heteroatoms.